The van der Waals surface area contributed by atoms with Crippen molar-refractivity contribution in [2.24, 2.45) is 0 Å². The lowest BCUT2D eigenvalue weighted by Crippen LogP contribution is -2.25. The summed E-state index contributed by atoms with van der Waals surface area (Å²) in [7, 11) is -3.51. The summed E-state index contributed by atoms with van der Waals surface area (Å²) in [6.07, 6.45) is 3.90. The zero-order valence-corrected chi connectivity index (χ0v) is 12.2. The highest BCUT2D eigenvalue weighted by atomic mass is 32.2. The van der Waals surface area contributed by atoms with E-state index in [0.717, 1.165) is 5.39 Å². The first kappa shape index (κ1) is 14.9. The molecule has 0 spiro atoms. The molecule has 0 fully saturated rings. The van der Waals surface area contributed by atoms with E-state index in [1.165, 1.54) is 0 Å². The fourth-order valence-electron chi connectivity index (χ4n) is 1.93. The van der Waals surface area contributed by atoms with E-state index in [4.69, 9.17) is 4.74 Å². The molecular formula is C14H18N2O3S. The standard InChI is InChI=1S/C14H18N2O3S/c1-2-19-10-4-8-16-20(17,18)14-6-3-5-12-11-15-9-7-13(12)14/h3,5-7,9,11,16H,2,4,8,10H2,1H3. The smallest absolute Gasteiger partial charge is 0.241 e. The molecule has 0 saturated heterocycles. The predicted molar refractivity (Wildman–Crippen MR) is 78.0 cm³/mol. The second-order valence-corrected chi connectivity index (χ2v) is 6.04. The highest BCUT2D eigenvalue weighted by Crippen LogP contribution is 2.21. The zero-order chi connectivity index (χ0) is 14.4. The van der Waals surface area contributed by atoms with Gasteiger partial charge in [0.05, 0.1) is 4.90 Å². The number of hydrogen-bond donors (Lipinski definition) is 1. The van der Waals surface area contributed by atoms with Crippen molar-refractivity contribution >= 4 is 20.8 Å². The number of aromatic nitrogens is 1. The molecule has 0 radical (unpaired) electrons. The van der Waals surface area contributed by atoms with Gasteiger partial charge in [0.25, 0.3) is 0 Å². The monoisotopic (exact) mass is 294 g/mol. The Balaban J connectivity index is 2.15. The van der Waals surface area contributed by atoms with Gasteiger partial charge in [-0.3, -0.25) is 4.98 Å². The van der Waals surface area contributed by atoms with E-state index < -0.39 is 10.0 Å². The first-order valence-electron chi connectivity index (χ1n) is 6.55. The van der Waals surface area contributed by atoms with Crippen LogP contribution in [0.1, 0.15) is 13.3 Å². The van der Waals surface area contributed by atoms with Crippen LogP contribution in [-0.2, 0) is 14.8 Å². The lowest BCUT2D eigenvalue weighted by molar-refractivity contribution is 0.146. The van der Waals surface area contributed by atoms with Crippen molar-refractivity contribution in [2.45, 2.75) is 18.2 Å². The van der Waals surface area contributed by atoms with Gasteiger partial charge in [0.2, 0.25) is 10.0 Å². The van der Waals surface area contributed by atoms with E-state index in [1.807, 2.05) is 13.0 Å². The van der Waals surface area contributed by atoms with Gasteiger partial charge in [-0.05, 0) is 25.5 Å². The second-order valence-electron chi connectivity index (χ2n) is 4.30. The lowest BCUT2D eigenvalue weighted by atomic mass is 10.2. The minimum Gasteiger partial charge on any atom is -0.382 e. The van der Waals surface area contributed by atoms with E-state index in [0.29, 0.717) is 31.6 Å². The van der Waals surface area contributed by atoms with Gasteiger partial charge in [-0.15, -0.1) is 0 Å². The number of ether oxygens (including phenoxy) is 1. The van der Waals surface area contributed by atoms with Crippen molar-refractivity contribution in [3.8, 4) is 0 Å². The topological polar surface area (TPSA) is 68.3 Å². The maximum atomic E-state index is 12.3. The summed E-state index contributed by atoms with van der Waals surface area (Å²) in [5.74, 6) is 0. The zero-order valence-electron chi connectivity index (χ0n) is 11.4. The SMILES string of the molecule is CCOCCCNS(=O)(=O)c1cccc2cnccc12. The maximum absolute atomic E-state index is 12.3. The molecular weight excluding hydrogens is 276 g/mol. The average Bonchev–Trinajstić information content (AvgIpc) is 2.46. The molecule has 1 aromatic carbocycles. The van der Waals surface area contributed by atoms with Crippen molar-refractivity contribution < 1.29 is 13.2 Å². The summed E-state index contributed by atoms with van der Waals surface area (Å²) in [5.41, 5.74) is 0. The molecule has 0 aliphatic rings. The van der Waals surface area contributed by atoms with Gasteiger partial charge >= 0.3 is 0 Å². The number of fused-ring (bicyclic) bond motifs is 1. The average molecular weight is 294 g/mol. The van der Waals surface area contributed by atoms with Crippen LogP contribution in [0, 0.1) is 0 Å². The third kappa shape index (κ3) is 3.53. The van der Waals surface area contributed by atoms with Crippen molar-refractivity contribution in [1.29, 1.82) is 0 Å². The highest BCUT2D eigenvalue weighted by Gasteiger charge is 2.16. The Morgan fingerprint density at radius 3 is 2.95 bits per heavy atom. The van der Waals surface area contributed by atoms with Gasteiger partial charge in [0.1, 0.15) is 0 Å². The van der Waals surface area contributed by atoms with Gasteiger partial charge < -0.3 is 4.74 Å². The summed E-state index contributed by atoms with van der Waals surface area (Å²) in [4.78, 5) is 4.29. The molecule has 1 N–H and O–H groups in total. The second kappa shape index (κ2) is 6.78. The van der Waals surface area contributed by atoms with Gasteiger partial charge in [-0.2, -0.15) is 0 Å². The first-order valence-corrected chi connectivity index (χ1v) is 8.03. The molecule has 0 aliphatic heterocycles. The van der Waals surface area contributed by atoms with Crippen LogP contribution in [0.4, 0.5) is 0 Å². The Labute approximate surface area is 119 Å². The molecule has 6 heteroatoms. The van der Waals surface area contributed by atoms with Crippen LogP contribution in [0.2, 0.25) is 0 Å². The molecule has 0 saturated carbocycles. The van der Waals surface area contributed by atoms with Crippen LogP contribution in [0.5, 0.6) is 0 Å². The molecule has 2 rings (SSSR count). The Bertz CT molecular complexity index is 666. The Morgan fingerprint density at radius 1 is 1.30 bits per heavy atom. The molecule has 0 bridgehead atoms. The molecule has 108 valence electrons. The fraction of sp³-hybridized carbons (Fsp3) is 0.357. The Kier molecular flexibility index (Phi) is 5.05. The Morgan fingerprint density at radius 2 is 2.15 bits per heavy atom. The molecule has 0 atom stereocenters. The minimum atomic E-state index is -3.51. The number of pyridine rings is 1. The summed E-state index contributed by atoms with van der Waals surface area (Å²) >= 11 is 0. The maximum Gasteiger partial charge on any atom is 0.241 e. The number of nitrogens with zero attached hydrogens (tertiary/aromatic N) is 1. The molecule has 1 heterocycles. The van der Waals surface area contributed by atoms with Gasteiger partial charge in [0, 0.05) is 42.9 Å². The fourth-order valence-corrected chi connectivity index (χ4v) is 3.23. The van der Waals surface area contributed by atoms with Gasteiger partial charge in [-0.1, -0.05) is 12.1 Å². The third-order valence-corrected chi connectivity index (χ3v) is 4.41. The molecule has 1 aromatic heterocycles. The normalized spacial score (nSPS) is 11.8. The van der Waals surface area contributed by atoms with Gasteiger partial charge in [-0.25, -0.2) is 13.1 Å². The van der Waals surface area contributed by atoms with Crippen LogP contribution in [0.15, 0.2) is 41.6 Å². The summed E-state index contributed by atoms with van der Waals surface area (Å²) in [6, 6.07) is 6.88. The molecule has 0 aliphatic carbocycles. The summed E-state index contributed by atoms with van der Waals surface area (Å²) in [6.45, 7) is 3.47. The van der Waals surface area contributed by atoms with Crippen molar-refractivity contribution in [1.82, 2.24) is 9.71 Å². The van der Waals surface area contributed by atoms with E-state index in [-0.39, 0.29) is 4.90 Å². The van der Waals surface area contributed by atoms with Gasteiger partial charge in [0.15, 0.2) is 0 Å². The number of hydrogen-bond acceptors (Lipinski definition) is 4. The van der Waals surface area contributed by atoms with Crippen molar-refractivity contribution in [3.63, 3.8) is 0 Å². The molecule has 0 unspecified atom stereocenters. The van der Waals surface area contributed by atoms with Crippen LogP contribution in [0.3, 0.4) is 0 Å². The van der Waals surface area contributed by atoms with Crippen molar-refractivity contribution in [2.75, 3.05) is 19.8 Å². The van der Waals surface area contributed by atoms with Crippen LogP contribution < -0.4 is 4.72 Å². The van der Waals surface area contributed by atoms with Crippen LogP contribution in [0.25, 0.3) is 10.8 Å². The molecule has 20 heavy (non-hydrogen) atoms. The molecule has 2 aromatic rings. The van der Waals surface area contributed by atoms with E-state index in [9.17, 15) is 8.42 Å². The van der Waals surface area contributed by atoms with Crippen LogP contribution >= 0.6 is 0 Å². The van der Waals surface area contributed by atoms with Crippen molar-refractivity contribution in [3.05, 3.63) is 36.7 Å². The number of rotatable bonds is 7. The van der Waals surface area contributed by atoms with E-state index in [1.54, 1.807) is 30.6 Å². The number of nitrogens with one attached hydrogen (secondary N) is 1. The summed E-state index contributed by atoms with van der Waals surface area (Å²) < 4.78 is 32.4. The number of sulfonamides is 1. The Hall–Kier alpha value is -1.50. The highest BCUT2D eigenvalue weighted by molar-refractivity contribution is 7.89. The van der Waals surface area contributed by atoms with E-state index >= 15 is 0 Å². The quantitative estimate of drug-likeness (QED) is 0.792. The first-order chi connectivity index (χ1) is 9.65. The summed E-state index contributed by atoms with van der Waals surface area (Å²) in [5, 5.41) is 1.49. The van der Waals surface area contributed by atoms with Crippen LogP contribution in [-0.4, -0.2) is 33.2 Å². The third-order valence-electron chi connectivity index (χ3n) is 2.89. The largest absolute Gasteiger partial charge is 0.382 e. The van der Waals surface area contributed by atoms with E-state index in [2.05, 4.69) is 9.71 Å². The number of benzene rings is 1. The lowest BCUT2D eigenvalue weighted by Gasteiger charge is -2.09. The molecule has 5 nitrogen and oxygen atoms in total. The predicted octanol–water partition coefficient (Wildman–Crippen LogP) is 1.94. The molecule has 0 amide bonds. The minimum absolute atomic E-state index is 0.286.